The van der Waals surface area contributed by atoms with Crippen molar-refractivity contribution in [3.63, 3.8) is 0 Å². The number of halogens is 1. The summed E-state index contributed by atoms with van der Waals surface area (Å²) in [5, 5.41) is 9.64. The largest absolute Gasteiger partial charge is 0.357 e. The first-order valence-corrected chi connectivity index (χ1v) is 8.93. The summed E-state index contributed by atoms with van der Waals surface area (Å²) in [5.74, 6) is 0.636. The lowest BCUT2D eigenvalue weighted by molar-refractivity contribution is 0.0963. The molecule has 1 aromatic heterocycles. The second-order valence-electron chi connectivity index (χ2n) is 5.64. The first-order valence-electron chi connectivity index (χ1n) is 8.56. The standard InChI is InChI=1S/C19H24ClN5O/c1-3-22-19(23-10-9-14-7-8-17(20)24-12-14)25-13-15-5-4-6-16(11-15)18(26)21-2/h4-8,11-12H,3,9-10,13H2,1-2H3,(H,21,26)(H2,22,23,25). The molecule has 138 valence electrons. The SMILES string of the molecule is CCNC(=NCc1cccc(C(=O)NC)c1)NCCc1ccc(Cl)nc1. The van der Waals surface area contributed by atoms with Crippen LogP contribution in [0.1, 0.15) is 28.4 Å². The maximum Gasteiger partial charge on any atom is 0.251 e. The maximum atomic E-state index is 11.7. The molecule has 0 aliphatic rings. The molecule has 1 amide bonds. The van der Waals surface area contributed by atoms with Gasteiger partial charge in [0, 0.05) is 31.9 Å². The summed E-state index contributed by atoms with van der Waals surface area (Å²) in [6.07, 6.45) is 2.60. The van der Waals surface area contributed by atoms with Crippen molar-refractivity contribution in [2.45, 2.75) is 19.9 Å². The molecule has 0 fully saturated rings. The Morgan fingerprint density at radius 2 is 2.04 bits per heavy atom. The smallest absolute Gasteiger partial charge is 0.251 e. The number of nitrogens with one attached hydrogen (secondary N) is 3. The minimum atomic E-state index is -0.0996. The zero-order valence-electron chi connectivity index (χ0n) is 15.1. The molecule has 7 heteroatoms. The van der Waals surface area contributed by atoms with Gasteiger partial charge >= 0.3 is 0 Å². The molecule has 0 atom stereocenters. The minimum absolute atomic E-state index is 0.0996. The van der Waals surface area contributed by atoms with Gasteiger partial charge in [0.05, 0.1) is 6.54 Å². The molecular formula is C19H24ClN5O. The molecule has 0 radical (unpaired) electrons. The first kappa shape index (κ1) is 19.7. The van der Waals surface area contributed by atoms with Gasteiger partial charge in [-0.25, -0.2) is 9.98 Å². The number of aliphatic imine (C=N–C) groups is 1. The van der Waals surface area contributed by atoms with E-state index < -0.39 is 0 Å². The lowest BCUT2D eigenvalue weighted by Crippen LogP contribution is -2.38. The number of nitrogens with zero attached hydrogens (tertiary/aromatic N) is 2. The van der Waals surface area contributed by atoms with Crippen molar-refractivity contribution in [1.82, 2.24) is 20.9 Å². The van der Waals surface area contributed by atoms with Crippen LogP contribution in [0.15, 0.2) is 47.6 Å². The number of benzene rings is 1. The van der Waals surface area contributed by atoms with Crippen LogP contribution in [0, 0.1) is 0 Å². The van der Waals surface area contributed by atoms with Gasteiger partial charge in [-0.2, -0.15) is 0 Å². The number of carbonyl (C=O) groups is 1. The highest BCUT2D eigenvalue weighted by Crippen LogP contribution is 2.07. The van der Waals surface area contributed by atoms with Gasteiger partial charge in [0.25, 0.3) is 5.91 Å². The predicted octanol–water partition coefficient (Wildman–Crippen LogP) is 2.39. The summed E-state index contributed by atoms with van der Waals surface area (Å²) in [6.45, 7) is 4.01. The number of carbonyl (C=O) groups excluding carboxylic acids is 1. The van der Waals surface area contributed by atoms with E-state index in [4.69, 9.17) is 11.6 Å². The highest BCUT2D eigenvalue weighted by Gasteiger charge is 2.04. The number of pyridine rings is 1. The monoisotopic (exact) mass is 373 g/mol. The van der Waals surface area contributed by atoms with Gasteiger partial charge in [0.2, 0.25) is 0 Å². The topological polar surface area (TPSA) is 78.4 Å². The number of aromatic nitrogens is 1. The molecule has 0 spiro atoms. The van der Waals surface area contributed by atoms with Crippen LogP contribution in [0.5, 0.6) is 0 Å². The lowest BCUT2D eigenvalue weighted by atomic mass is 10.1. The molecule has 1 aromatic carbocycles. The first-order chi connectivity index (χ1) is 12.6. The van der Waals surface area contributed by atoms with Crippen molar-refractivity contribution in [3.05, 3.63) is 64.4 Å². The van der Waals surface area contributed by atoms with Gasteiger partial charge in [-0.05, 0) is 42.7 Å². The number of amides is 1. The molecule has 26 heavy (non-hydrogen) atoms. The molecule has 6 nitrogen and oxygen atoms in total. The molecule has 0 saturated carbocycles. The second kappa shape index (κ2) is 10.4. The van der Waals surface area contributed by atoms with Crippen molar-refractivity contribution >= 4 is 23.5 Å². The van der Waals surface area contributed by atoms with Crippen LogP contribution in [0.2, 0.25) is 5.15 Å². The van der Waals surface area contributed by atoms with E-state index in [0.29, 0.717) is 17.3 Å². The molecular weight excluding hydrogens is 350 g/mol. The van der Waals surface area contributed by atoms with E-state index in [2.05, 4.69) is 25.9 Å². The Kier molecular flexibility index (Phi) is 7.89. The van der Waals surface area contributed by atoms with E-state index in [1.54, 1.807) is 25.4 Å². The third kappa shape index (κ3) is 6.37. The average molecular weight is 374 g/mol. The Balaban J connectivity index is 1.93. The summed E-state index contributed by atoms with van der Waals surface area (Å²) >= 11 is 5.80. The van der Waals surface area contributed by atoms with Gasteiger partial charge in [-0.15, -0.1) is 0 Å². The van der Waals surface area contributed by atoms with Crippen molar-refractivity contribution in [2.75, 3.05) is 20.1 Å². The Hall–Kier alpha value is -2.60. The molecule has 0 bridgehead atoms. The highest BCUT2D eigenvalue weighted by molar-refractivity contribution is 6.29. The van der Waals surface area contributed by atoms with Crippen molar-refractivity contribution < 1.29 is 4.79 Å². The van der Waals surface area contributed by atoms with Gasteiger partial charge in [-0.1, -0.05) is 29.8 Å². The normalized spacial score (nSPS) is 11.1. The predicted molar refractivity (Wildman–Crippen MR) is 106 cm³/mol. The lowest BCUT2D eigenvalue weighted by Gasteiger charge is -2.11. The van der Waals surface area contributed by atoms with E-state index in [9.17, 15) is 4.79 Å². The van der Waals surface area contributed by atoms with E-state index >= 15 is 0 Å². The van der Waals surface area contributed by atoms with Crippen LogP contribution >= 0.6 is 11.6 Å². The summed E-state index contributed by atoms with van der Waals surface area (Å²) in [6, 6.07) is 11.2. The zero-order valence-corrected chi connectivity index (χ0v) is 15.8. The molecule has 0 unspecified atom stereocenters. The molecule has 0 aliphatic carbocycles. The van der Waals surface area contributed by atoms with Crippen molar-refractivity contribution in [2.24, 2.45) is 4.99 Å². The minimum Gasteiger partial charge on any atom is -0.357 e. The third-order valence-corrected chi connectivity index (χ3v) is 3.90. The van der Waals surface area contributed by atoms with Crippen LogP contribution in [0.25, 0.3) is 0 Å². The summed E-state index contributed by atoms with van der Waals surface area (Å²) in [5.41, 5.74) is 2.72. The zero-order chi connectivity index (χ0) is 18.8. The van der Waals surface area contributed by atoms with Crippen molar-refractivity contribution in [3.8, 4) is 0 Å². The van der Waals surface area contributed by atoms with Gasteiger partial charge in [-0.3, -0.25) is 4.79 Å². The Labute approximate surface area is 159 Å². The molecule has 0 saturated heterocycles. The number of hydrogen-bond donors (Lipinski definition) is 3. The maximum absolute atomic E-state index is 11.7. The van der Waals surface area contributed by atoms with E-state index in [0.717, 1.165) is 36.6 Å². The molecule has 2 rings (SSSR count). The summed E-state index contributed by atoms with van der Waals surface area (Å²) < 4.78 is 0. The van der Waals surface area contributed by atoms with E-state index in [1.807, 2.05) is 31.2 Å². The van der Waals surface area contributed by atoms with E-state index in [1.165, 1.54) is 0 Å². The van der Waals surface area contributed by atoms with Crippen LogP contribution in [0.3, 0.4) is 0 Å². The Bertz CT molecular complexity index is 746. The molecule has 1 heterocycles. The van der Waals surface area contributed by atoms with Crippen LogP contribution in [-0.4, -0.2) is 37.0 Å². The van der Waals surface area contributed by atoms with Crippen molar-refractivity contribution in [1.29, 1.82) is 0 Å². The summed E-state index contributed by atoms with van der Waals surface area (Å²) in [7, 11) is 1.62. The average Bonchev–Trinajstić information content (AvgIpc) is 2.67. The van der Waals surface area contributed by atoms with Gasteiger partial charge in [0.15, 0.2) is 5.96 Å². The molecule has 0 aliphatic heterocycles. The molecule has 3 N–H and O–H groups in total. The number of rotatable bonds is 7. The van der Waals surface area contributed by atoms with Crippen LogP contribution < -0.4 is 16.0 Å². The van der Waals surface area contributed by atoms with Gasteiger partial charge in [0.1, 0.15) is 5.15 Å². The van der Waals surface area contributed by atoms with Crippen LogP contribution in [0.4, 0.5) is 0 Å². The fourth-order valence-electron chi connectivity index (χ4n) is 2.35. The fraction of sp³-hybridized carbons (Fsp3) is 0.316. The Morgan fingerprint density at radius 1 is 1.19 bits per heavy atom. The number of hydrogen-bond acceptors (Lipinski definition) is 3. The fourth-order valence-corrected chi connectivity index (χ4v) is 2.46. The van der Waals surface area contributed by atoms with Gasteiger partial charge < -0.3 is 16.0 Å². The number of guanidine groups is 1. The highest BCUT2D eigenvalue weighted by atomic mass is 35.5. The summed E-state index contributed by atoms with van der Waals surface area (Å²) in [4.78, 5) is 20.4. The van der Waals surface area contributed by atoms with Crippen LogP contribution in [-0.2, 0) is 13.0 Å². The molecule has 2 aromatic rings. The third-order valence-electron chi connectivity index (χ3n) is 3.67. The van der Waals surface area contributed by atoms with E-state index in [-0.39, 0.29) is 5.91 Å². The second-order valence-corrected chi connectivity index (χ2v) is 6.03. The Morgan fingerprint density at radius 3 is 2.73 bits per heavy atom. The quantitative estimate of drug-likeness (QED) is 0.395.